The molecule has 0 spiro atoms. The van der Waals surface area contributed by atoms with Crippen LogP contribution in [0.4, 0.5) is 5.82 Å². The predicted octanol–water partition coefficient (Wildman–Crippen LogP) is 0.785. The fourth-order valence-electron chi connectivity index (χ4n) is 3.08. The fraction of sp³-hybridized carbons (Fsp3) is 0.353. The Hall–Kier alpha value is -2.75. The normalized spacial score (nSPS) is 22.8. The van der Waals surface area contributed by atoms with Gasteiger partial charge in [0.05, 0.1) is 19.0 Å². The molecule has 4 N–H and O–H groups in total. The minimum absolute atomic E-state index is 0.208. The first-order chi connectivity index (χ1) is 12.7. The molecule has 26 heavy (non-hydrogen) atoms. The van der Waals surface area contributed by atoms with Crippen LogP contribution in [0, 0.1) is 0 Å². The summed E-state index contributed by atoms with van der Waals surface area (Å²) < 4.78 is 7.39. The average molecular weight is 357 g/mol. The number of aromatic nitrogens is 4. The van der Waals surface area contributed by atoms with Crippen molar-refractivity contribution in [3.8, 4) is 5.75 Å². The van der Waals surface area contributed by atoms with Gasteiger partial charge in [0, 0.05) is 18.5 Å². The molecule has 4 rings (SSSR count). The molecule has 1 aliphatic heterocycles. The molecule has 1 fully saturated rings. The summed E-state index contributed by atoms with van der Waals surface area (Å²) in [4.78, 5) is 12.9. The number of fused-ring (bicyclic) bond motifs is 1. The lowest BCUT2D eigenvalue weighted by Crippen LogP contribution is -2.24. The Morgan fingerprint density at radius 1 is 1.23 bits per heavy atom. The standard InChI is InChI=1S/C17H19N5O4/c23-7-13-12(25)5-14(26-13)22-9-21-15-16(19-8-20-17(15)22)18-6-10-3-1-2-4-11(10)24/h1-4,8-9,12-14,23-25H,5-7H2,(H,18,19,20)/t12?,13-,14-/m1/s1. The molecular weight excluding hydrogens is 338 g/mol. The number of aliphatic hydroxyl groups excluding tert-OH is 2. The van der Waals surface area contributed by atoms with Gasteiger partial charge in [-0.3, -0.25) is 4.57 Å². The van der Waals surface area contributed by atoms with Crippen molar-refractivity contribution in [2.24, 2.45) is 0 Å². The van der Waals surface area contributed by atoms with E-state index < -0.39 is 18.4 Å². The second kappa shape index (κ2) is 6.87. The lowest BCUT2D eigenvalue weighted by Gasteiger charge is -2.13. The lowest BCUT2D eigenvalue weighted by atomic mass is 10.2. The molecule has 3 aromatic rings. The van der Waals surface area contributed by atoms with Crippen LogP contribution >= 0.6 is 0 Å². The van der Waals surface area contributed by atoms with Crippen molar-refractivity contribution in [2.45, 2.75) is 31.4 Å². The number of nitrogens with one attached hydrogen (secondary N) is 1. The molecule has 136 valence electrons. The van der Waals surface area contributed by atoms with Crippen molar-refractivity contribution in [3.05, 3.63) is 42.5 Å². The Bertz CT molecular complexity index is 915. The van der Waals surface area contributed by atoms with E-state index in [1.807, 2.05) is 12.1 Å². The van der Waals surface area contributed by atoms with Gasteiger partial charge in [0.25, 0.3) is 0 Å². The van der Waals surface area contributed by atoms with E-state index >= 15 is 0 Å². The highest BCUT2D eigenvalue weighted by atomic mass is 16.5. The van der Waals surface area contributed by atoms with Crippen LogP contribution in [0.1, 0.15) is 18.2 Å². The summed E-state index contributed by atoms with van der Waals surface area (Å²) in [7, 11) is 0. The molecule has 9 nitrogen and oxygen atoms in total. The van der Waals surface area contributed by atoms with Crippen LogP contribution in [0.25, 0.3) is 11.2 Å². The predicted molar refractivity (Wildman–Crippen MR) is 92.4 cm³/mol. The molecule has 0 aliphatic carbocycles. The summed E-state index contributed by atoms with van der Waals surface area (Å²) in [6, 6.07) is 7.06. The third-order valence-corrected chi connectivity index (χ3v) is 4.49. The number of phenolic OH excluding ortho intramolecular Hbond substituents is 1. The first-order valence-electron chi connectivity index (χ1n) is 8.30. The summed E-state index contributed by atoms with van der Waals surface area (Å²) in [5.41, 5.74) is 1.87. The first kappa shape index (κ1) is 16.7. The third kappa shape index (κ3) is 2.96. The Morgan fingerprint density at radius 2 is 2.08 bits per heavy atom. The minimum atomic E-state index is -0.733. The van der Waals surface area contributed by atoms with Gasteiger partial charge in [-0.05, 0) is 6.07 Å². The van der Waals surface area contributed by atoms with Crippen LogP contribution in [0.3, 0.4) is 0 Å². The number of aromatic hydroxyl groups is 1. The molecule has 0 radical (unpaired) electrons. The van der Waals surface area contributed by atoms with Gasteiger partial charge in [-0.2, -0.15) is 0 Å². The summed E-state index contributed by atoms with van der Waals surface area (Å²) >= 11 is 0. The van der Waals surface area contributed by atoms with Gasteiger partial charge in [0.2, 0.25) is 0 Å². The third-order valence-electron chi connectivity index (χ3n) is 4.49. The molecule has 3 atom stereocenters. The van der Waals surface area contributed by atoms with Crippen molar-refractivity contribution in [1.82, 2.24) is 19.5 Å². The van der Waals surface area contributed by atoms with Crippen molar-refractivity contribution in [2.75, 3.05) is 11.9 Å². The average Bonchev–Trinajstić information content (AvgIpc) is 3.24. The maximum absolute atomic E-state index is 9.93. The molecule has 1 aromatic carbocycles. The zero-order chi connectivity index (χ0) is 18.1. The van der Waals surface area contributed by atoms with E-state index in [0.717, 1.165) is 5.56 Å². The second-order valence-electron chi connectivity index (χ2n) is 6.14. The number of hydrogen-bond acceptors (Lipinski definition) is 8. The van der Waals surface area contributed by atoms with Gasteiger partial charge in [-0.15, -0.1) is 0 Å². The molecule has 1 unspecified atom stereocenters. The van der Waals surface area contributed by atoms with Crippen LogP contribution in [-0.2, 0) is 11.3 Å². The number of anilines is 1. The number of benzene rings is 1. The summed E-state index contributed by atoms with van der Waals surface area (Å²) in [6.45, 7) is 0.142. The maximum Gasteiger partial charge on any atom is 0.167 e. The van der Waals surface area contributed by atoms with Crippen molar-refractivity contribution in [3.63, 3.8) is 0 Å². The smallest absolute Gasteiger partial charge is 0.167 e. The van der Waals surface area contributed by atoms with Crippen molar-refractivity contribution in [1.29, 1.82) is 0 Å². The van der Waals surface area contributed by atoms with E-state index in [2.05, 4.69) is 20.3 Å². The number of ether oxygens (including phenoxy) is 1. The Kier molecular flexibility index (Phi) is 4.41. The van der Waals surface area contributed by atoms with E-state index in [4.69, 9.17) is 4.74 Å². The second-order valence-corrected chi connectivity index (χ2v) is 6.14. The fourth-order valence-corrected chi connectivity index (χ4v) is 3.08. The molecule has 9 heteroatoms. The van der Waals surface area contributed by atoms with Gasteiger partial charge >= 0.3 is 0 Å². The number of nitrogens with zero attached hydrogens (tertiary/aromatic N) is 4. The van der Waals surface area contributed by atoms with Gasteiger partial charge in [-0.25, -0.2) is 15.0 Å². The number of phenols is 1. The Labute approximate surface area is 148 Å². The molecule has 3 heterocycles. The summed E-state index contributed by atoms with van der Waals surface area (Å²) in [6.07, 6.45) is 1.56. The summed E-state index contributed by atoms with van der Waals surface area (Å²) in [5, 5.41) is 32.2. The Morgan fingerprint density at radius 3 is 2.85 bits per heavy atom. The van der Waals surface area contributed by atoms with Crippen LogP contribution in [-0.4, -0.2) is 53.7 Å². The van der Waals surface area contributed by atoms with Crippen LogP contribution in [0.2, 0.25) is 0 Å². The SMILES string of the molecule is OC[C@H]1O[C@@H](n2cnc3c(NCc4ccccc4O)ncnc32)CC1O. The quantitative estimate of drug-likeness (QED) is 0.528. The molecule has 0 amide bonds. The zero-order valence-corrected chi connectivity index (χ0v) is 13.9. The first-order valence-corrected chi connectivity index (χ1v) is 8.30. The van der Waals surface area contributed by atoms with Crippen LogP contribution in [0.15, 0.2) is 36.9 Å². The number of aliphatic hydroxyl groups is 2. The number of imidazole rings is 1. The lowest BCUT2D eigenvalue weighted by molar-refractivity contribution is -0.0432. The van der Waals surface area contributed by atoms with Gasteiger partial charge in [0.1, 0.15) is 24.4 Å². The molecule has 1 aliphatic rings. The maximum atomic E-state index is 9.93. The molecule has 2 aromatic heterocycles. The summed E-state index contributed by atoms with van der Waals surface area (Å²) in [5.74, 6) is 0.744. The molecule has 0 bridgehead atoms. The molecule has 1 saturated heterocycles. The van der Waals surface area contributed by atoms with E-state index in [-0.39, 0.29) is 12.4 Å². The van der Waals surface area contributed by atoms with E-state index in [1.165, 1.54) is 6.33 Å². The zero-order valence-electron chi connectivity index (χ0n) is 13.9. The topological polar surface area (TPSA) is 126 Å². The van der Waals surface area contributed by atoms with Crippen molar-refractivity contribution < 1.29 is 20.1 Å². The molecule has 0 saturated carbocycles. The van der Waals surface area contributed by atoms with E-state index in [1.54, 1.807) is 23.0 Å². The van der Waals surface area contributed by atoms with Crippen molar-refractivity contribution >= 4 is 17.0 Å². The monoisotopic (exact) mass is 357 g/mol. The molecular formula is C17H19N5O4. The highest BCUT2D eigenvalue weighted by Crippen LogP contribution is 2.31. The minimum Gasteiger partial charge on any atom is -0.508 e. The van der Waals surface area contributed by atoms with E-state index in [9.17, 15) is 15.3 Å². The number of hydrogen-bond donors (Lipinski definition) is 4. The van der Waals surface area contributed by atoms with Gasteiger partial charge < -0.3 is 25.4 Å². The van der Waals surface area contributed by atoms with Crippen LogP contribution in [0.5, 0.6) is 5.75 Å². The van der Waals surface area contributed by atoms with E-state index in [0.29, 0.717) is 29.9 Å². The van der Waals surface area contributed by atoms with Gasteiger partial charge in [0.15, 0.2) is 17.0 Å². The largest absolute Gasteiger partial charge is 0.508 e. The van der Waals surface area contributed by atoms with Crippen LogP contribution < -0.4 is 5.32 Å². The Balaban J connectivity index is 1.58. The van der Waals surface area contributed by atoms with Gasteiger partial charge in [-0.1, -0.05) is 18.2 Å². The highest BCUT2D eigenvalue weighted by molar-refractivity contribution is 5.82. The number of rotatable bonds is 5. The highest BCUT2D eigenvalue weighted by Gasteiger charge is 2.35. The number of para-hydroxylation sites is 1.